The van der Waals surface area contributed by atoms with Gasteiger partial charge in [-0.25, -0.2) is 4.98 Å². The highest BCUT2D eigenvalue weighted by Crippen LogP contribution is 2.28. The van der Waals surface area contributed by atoms with Crippen LogP contribution in [0.4, 0.5) is 13.2 Å². The number of amides is 1. The van der Waals surface area contributed by atoms with Crippen LogP contribution in [0.15, 0.2) is 64.3 Å². The first-order chi connectivity index (χ1) is 13.4. The van der Waals surface area contributed by atoms with Crippen LogP contribution in [0.5, 0.6) is 5.75 Å². The molecule has 0 fully saturated rings. The van der Waals surface area contributed by atoms with Gasteiger partial charge in [-0.1, -0.05) is 30.3 Å². The summed E-state index contributed by atoms with van der Waals surface area (Å²) in [7, 11) is 0. The summed E-state index contributed by atoms with van der Waals surface area (Å²) in [6.45, 7) is -0.0871. The molecule has 1 aromatic heterocycles. The molecule has 1 N–H and O–H groups in total. The number of nitrogens with zero attached hydrogens (tertiary/aromatic N) is 1. The molecule has 3 aromatic rings. The molecule has 146 valence electrons. The second-order valence-corrected chi connectivity index (χ2v) is 7.34. The molecule has 4 nitrogen and oxygen atoms in total. The van der Waals surface area contributed by atoms with Crippen molar-refractivity contribution < 1.29 is 22.7 Å². The van der Waals surface area contributed by atoms with Crippen LogP contribution in [0.1, 0.15) is 21.6 Å². The highest BCUT2D eigenvalue weighted by atomic mass is 32.2. The maximum atomic E-state index is 12.6. The van der Waals surface area contributed by atoms with E-state index in [9.17, 15) is 18.0 Å². The van der Waals surface area contributed by atoms with Gasteiger partial charge in [0.2, 0.25) is 0 Å². The fourth-order valence-corrected chi connectivity index (χ4v) is 4.00. The first-order valence-corrected chi connectivity index (χ1v) is 10.1. The van der Waals surface area contributed by atoms with Gasteiger partial charge in [0, 0.05) is 28.1 Å². The summed E-state index contributed by atoms with van der Waals surface area (Å²) >= 11 is 2.98. The number of rotatable bonds is 7. The second kappa shape index (κ2) is 9.11. The number of carbonyl (C=O) groups is 1. The van der Waals surface area contributed by atoms with Gasteiger partial charge in [0.05, 0.1) is 16.8 Å². The van der Waals surface area contributed by atoms with Crippen LogP contribution < -0.4 is 10.1 Å². The SMILES string of the molecule is O=C(NCc1ccccc1OC(F)(F)F)c1ccccc1SCc1cscn1. The molecule has 0 bridgehead atoms. The van der Waals surface area contributed by atoms with Gasteiger partial charge in [0.1, 0.15) is 5.75 Å². The number of aromatic nitrogens is 1. The Labute approximate surface area is 167 Å². The van der Waals surface area contributed by atoms with Crippen molar-refractivity contribution in [2.45, 2.75) is 23.6 Å². The molecule has 1 amide bonds. The van der Waals surface area contributed by atoms with Gasteiger partial charge in [-0.3, -0.25) is 4.79 Å². The van der Waals surface area contributed by atoms with Gasteiger partial charge < -0.3 is 10.1 Å². The molecule has 0 spiro atoms. The summed E-state index contributed by atoms with van der Waals surface area (Å²) in [5.74, 6) is -0.0829. The predicted octanol–water partition coefficient (Wildman–Crippen LogP) is 5.26. The Kier molecular flexibility index (Phi) is 6.58. The molecule has 0 aliphatic carbocycles. The standard InChI is InChI=1S/C19H15F3N2O2S2/c20-19(21,22)26-16-7-3-1-5-13(16)9-23-18(25)15-6-2-4-8-17(15)28-11-14-10-27-12-24-14/h1-8,10,12H,9,11H2,(H,23,25). The van der Waals surface area contributed by atoms with Crippen molar-refractivity contribution in [3.05, 3.63) is 76.2 Å². The number of halogens is 3. The topological polar surface area (TPSA) is 51.2 Å². The molecule has 1 heterocycles. The number of thiazole rings is 1. The Morgan fingerprint density at radius 2 is 1.89 bits per heavy atom. The van der Waals surface area contributed by atoms with Crippen molar-refractivity contribution >= 4 is 29.0 Å². The largest absolute Gasteiger partial charge is 0.573 e. The number of ether oxygens (including phenoxy) is 1. The summed E-state index contributed by atoms with van der Waals surface area (Å²) in [5.41, 5.74) is 3.36. The maximum absolute atomic E-state index is 12.6. The van der Waals surface area contributed by atoms with Crippen molar-refractivity contribution in [2.24, 2.45) is 0 Å². The van der Waals surface area contributed by atoms with Gasteiger partial charge in [-0.05, 0) is 18.2 Å². The third kappa shape index (κ3) is 5.74. The molecule has 0 saturated heterocycles. The number of carbonyl (C=O) groups excluding carboxylic acids is 1. The molecule has 9 heteroatoms. The van der Waals surface area contributed by atoms with E-state index in [2.05, 4.69) is 15.0 Å². The normalized spacial score (nSPS) is 11.2. The van der Waals surface area contributed by atoms with Crippen molar-refractivity contribution in [1.29, 1.82) is 0 Å². The second-order valence-electron chi connectivity index (χ2n) is 5.60. The predicted molar refractivity (Wildman–Crippen MR) is 102 cm³/mol. The molecule has 28 heavy (non-hydrogen) atoms. The van der Waals surface area contributed by atoms with Gasteiger partial charge >= 0.3 is 6.36 Å². The Bertz CT molecular complexity index is 931. The monoisotopic (exact) mass is 424 g/mol. The van der Waals surface area contributed by atoms with E-state index >= 15 is 0 Å². The van der Waals surface area contributed by atoms with E-state index in [1.807, 2.05) is 17.5 Å². The summed E-state index contributed by atoms with van der Waals surface area (Å²) < 4.78 is 41.6. The van der Waals surface area contributed by atoms with Crippen molar-refractivity contribution in [3.63, 3.8) is 0 Å². The highest BCUT2D eigenvalue weighted by Gasteiger charge is 2.32. The molecular formula is C19H15F3N2O2S2. The third-order valence-electron chi connectivity index (χ3n) is 3.63. The lowest BCUT2D eigenvalue weighted by molar-refractivity contribution is -0.274. The molecular weight excluding hydrogens is 409 g/mol. The average molecular weight is 424 g/mol. The Balaban J connectivity index is 1.67. The molecule has 0 unspecified atom stereocenters. The maximum Gasteiger partial charge on any atom is 0.573 e. The van der Waals surface area contributed by atoms with Gasteiger partial charge in [-0.15, -0.1) is 36.3 Å². The number of nitrogens with one attached hydrogen (secondary N) is 1. The fraction of sp³-hybridized carbons (Fsp3) is 0.158. The zero-order valence-electron chi connectivity index (χ0n) is 14.4. The Morgan fingerprint density at radius 1 is 1.14 bits per heavy atom. The lowest BCUT2D eigenvalue weighted by Gasteiger charge is -2.14. The number of benzene rings is 2. The van der Waals surface area contributed by atoms with Crippen LogP contribution in [0.2, 0.25) is 0 Å². The Hall–Kier alpha value is -2.52. The van der Waals surface area contributed by atoms with Gasteiger partial charge in [-0.2, -0.15) is 0 Å². The van der Waals surface area contributed by atoms with Crippen molar-refractivity contribution in [2.75, 3.05) is 0 Å². The number of alkyl halides is 3. The zero-order chi connectivity index (χ0) is 20.0. The molecule has 0 aliphatic rings. The lowest BCUT2D eigenvalue weighted by Crippen LogP contribution is -2.25. The lowest BCUT2D eigenvalue weighted by atomic mass is 10.1. The van der Waals surface area contributed by atoms with Crippen LogP contribution in [0.25, 0.3) is 0 Å². The van der Waals surface area contributed by atoms with E-state index in [0.717, 1.165) is 10.6 Å². The summed E-state index contributed by atoms with van der Waals surface area (Å²) in [6.07, 6.45) is -4.79. The highest BCUT2D eigenvalue weighted by molar-refractivity contribution is 7.98. The minimum atomic E-state index is -4.79. The molecule has 0 aliphatic heterocycles. The van der Waals surface area contributed by atoms with E-state index in [-0.39, 0.29) is 23.8 Å². The molecule has 0 saturated carbocycles. The Morgan fingerprint density at radius 3 is 2.64 bits per heavy atom. The van der Waals surface area contributed by atoms with Crippen LogP contribution >= 0.6 is 23.1 Å². The van der Waals surface area contributed by atoms with E-state index < -0.39 is 6.36 Å². The van der Waals surface area contributed by atoms with Crippen LogP contribution in [0, 0.1) is 0 Å². The zero-order valence-corrected chi connectivity index (χ0v) is 16.0. The van der Waals surface area contributed by atoms with Crippen molar-refractivity contribution in [3.8, 4) is 5.75 Å². The number of hydrogen-bond donors (Lipinski definition) is 1. The number of thioether (sulfide) groups is 1. The first kappa shape index (κ1) is 20.2. The van der Waals surface area contributed by atoms with E-state index in [1.165, 1.54) is 41.3 Å². The molecule has 3 rings (SSSR count). The van der Waals surface area contributed by atoms with E-state index in [0.29, 0.717) is 11.3 Å². The fourth-order valence-electron chi connectivity index (χ4n) is 2.39. The minimum absolute atomic E-state index is 0.0871. The number of para-hydroxylation sites is 1. The average Bonchev–Trinajstić information content (AvgIpc) is 3.18. The van der Waals surface area contributed by atoms with Crippen molar-refractivity contribution in [1.82, 2.24) is 10.3 Å². The quantitative estimate of drug-likeness (QED) is 0.526. The third-order valence-corrected chi connectivity index (χ3v) is 5.37. The molecule has 0 atom stereocenters. The smallest absolute Gasteiger partial charge is 0.405 e. The summed E-state index contributed by atoms with van der Waals surface area (Å²) in [4.78, 5) is 17.6. The van der Waals surface area contributed by atoms with Crippen LogP contribution in [0.3, 0.4) is 0 Å². The van der Waals surface area contributed by atoms with Gasteiger partial charge in [0.25, 0.3) is 5.91 Å². The van der Waals surface area contributed by atoms with E-state index in [1.54, 1.807) is 23.7 Å². The first-order valence-electron chi connectivity index (χ1n) is 8.13. The number of hydrogen-bond acceptors (Lipinski definition) is 5. The van der Waals surface area contributed by atoms with E-state index in [4.69, 9.17) is 0 Å². The van der Waals surface area contributed by atoms with Crippen LogP contribution in [-0.2, 0) is 12.3 Å². The molecule has 2 aromatic carbocycles. The summed E-state index contributed by atoms with van der Waals surface area (Å²) in [5, 5.41) is 4.60. The summed E-state index contributed by atoms with van der Waals surface area (Å²) in [6, 6.07) is 12.8. The minimum Gasteiger partial charge on any atom is -0.405 e. The van der Waals surface area contributed by atoms with Gasteiger partial charge in [0.15, 0.2) is 0 Å². The van der Waals surface area contributed by atoms with Crippen LogP contribution in [-0.4, -0.2) is 17.3 Å². The molecule has 0 radical (unpaired) electrons.